The highest BCUT2D eigenvalue weighted by molar-refractivity contribution is 7.86. The Balaban J connectivity index is 2.32. The van der Waals surface area contributed by atoms with E-state index in [1.807, 2.05) is 6.92 Å². The Morgan fingerprint density at radius 3 is 1.89 bits per heavy atom. The molecule has 0 aliphatic heterocycles. The van der Waals surface area contributed by atoms with Gasteiger partial charge in [-0.15, -0.1) is 0 Å². The summed E-state index contributed by atoms with van der Waals surface area (Å²) in [6, 6.07) is 12.6. The molecule has 8 heteroatoms. The maximum Gasteiger partial charge on any atom is 0.295 e. The fraction of sp³-hybridized carbons (Fsp3) is 0.100. The lowest BCUT2D eigenvalue weighted by Gasteiger charge is -2.16. The topological polar surface area (TPSA) is 109 Å². The Hall–Kier alpha value is -2.52. The third kappa shape index (κ3) is 2.77. The smallest absolute Gasteiger partial charge is 0.282 e. The van der Waals surface area contributed by atoms with Crippen molar-refractivity contribution in [2.45, 2.75) is 23.6 Å². The number of hydrogen-bond donors (Lipinski definition) is 2. The summed E-state index contributed by atoms with van der Waals surface area (Å²) in [5.74, 6) is 0. The fourth-order valence-corrected chi connectivity index (χ4v) is 5.09. The van der Waals surface area contributed by atoms with Crippen LogP contribution in [0.1, 0.15) is 11.1 Å². The van der Waals surface area contributed by atoms with Crippen molar-refractivity contribution in [3.05, 3.63) is 59.7 Å². The van der Waals surface area contributed by atoms with Crippen molar-refractivity contribution < 1.29 is 25.9 Å². The van der Waals surface area contributed by atoms with Crippen molar-refractivity contribution in [3.8, 4) is 0 Å². The van der Waals surface area contributed by atoms with Gasteiger partial charge in [-0.3, -0.25) is 9.11 Å². The van der Waals surface area contributed by atoms with Gasteiger partial charge in [0.2, 0.25) is 0 Å². The molecule has 0 unspecified atom stereocenters. The zero-order chi connectivity index (χ0) is 20.4. The quantitative estimate of drug-likeness (QED) is 0.287. The molecular formula is C20H16O6S2. The van der Waals surface area contributed by atoms with Gasteiger partial charge in [-0.25, -0.2) is 0 Å². The molecule has 0 radical (unpaired) electrons. The fourth-order valence-electron chi connectivity index (χ4n) is 3.86. The molecule has 0 heterocycles. The van der Waals surface area contributed by atoms with Gasteiger partial charge in [0, 0.05) is 5.39 Å². The van der Waals surface area contributed by atoms with Crippen LogP contribution in [0.25, 0.3) is 32.3 Å². The van der Waals surface area contributed by atoms with Gasteiger partial charge in [0.25, 0.3) is 20.2 Å². The highest BCUT2D eigenvalue weighted by Crippen LogP contribution is 2.39. The van der Waals surface area contributed by atoms with Crippen molar-refractivity contribution in [2.75, 3.05) is 0 Å². The largest absolute Gasteiger partial charge is 0.295 e. The monoisotopic (exact) mass is 416 g/mol. The summed E-state index contributed by atoms with van der Waals surface area (Å²) in [5, 5.41) is 3.80. The molecule has 6 nitrogen and oxygen atoms in total. The molecule has 0 aromatic heterocycles. The van der Waals surface area contributed by atoms with Crippen LogP contribution in [-0.2, 0) is 20.2 Å². The molecule has 4 rings (SSSR count). The lowest BCUT2D eigenvalue weighted by Crippen LogP contribution is -2.02. The highest BCUT2D eigenvalue weighted by atomic mass is 32.2. The molecule has 0 aliphatic carbocycles. The molecular weight excluding hydrogens is 400 g/mol. The first-order chi connectivity index (χ1) is 13.0. The van der Waals surface area contributed by atoms with E-state index in [2.05, 4.69) is 0 Å². The van der Waals surface area contributed by atoms with Crippen LogP contribution in [0.3, 0.4) is 0 Å². The van der Waals surface area contributed by atoms with Gasteiger partial charge in [-0.2, -0.15) is 16.8 Å². The van der Waals surface area contributed by atoms with Crippen LogP contribution in [0, 0.1) is 13.8 Å². The molecule has 28 heavy (non-hydrogen) atoms. The predicted molar refractivity (Wildman–Crippen MR) is 108 cm³/mol. The second kappa shape index (κ2) is 5.99. The highest BCUT2D eigenvalue weighted by Gasteiger charge is 2.20. The normalized spacial score (nSPS) is 12.9. The second-order valence-corrected chi connectivity index (χ2v) is 9.56. The van der Waals surface area contributed by atoms with E-state index in [0.29, 0.717) is 21.5 Å². The van der Waals surface area contributed by atoms with Crippen LogP contribution in [0.5, 0.6) is 0 Å². The maximum atomic E-state index is 12.0. The molecule has 0 fully saturated rings. The Labute approximate surface area is 161 Å². The van der Waals surface area contributed by atoms with Crippen LogP contribution in [-0.4, -0.2) is 25.9 Å². The summed E-state index contributed by atoms with van der Waals surface area (Å²) >= 11 is 0. The summed E-state index contributed by atoms with van der Waals surface area (Å²) in [6.07, 6.45) is 0. The van der Waals surface area contributed by atoms with Crippen LogP contribution >= 0.6 is 0 Å². The summed E-state index contributed by atoms with van der Waals surface area (Å²) < 4.78 is 66.2. The van der Waals surface area contributed by atoms with Crippen molar-refractivity contribution in [3.63, 3.8) is 0 Å². The molecule has 0 saturated heterocycles. The lowest BCUT2D eigenvalue weighted by molar-refractivity contribution is 0.481. The minimum Gasteiger partial charge on any atom is -0.282 e. The van der Waals surface area contributed by atoms with Crippen LogP contribution in [0.2, 0.25) is 0 Å². The Morgan fingerprint density at radius 1 is 0.643 bits per heavy atom. The van der Waals surface area contributed by atoms with Gasteiger partial charge in [0.05, 0.1) is 4.90 Å². The first-order valence-corrected chi connectivity index (χ1v) is 11.2. The van der Waals surface area contributed by atoms with Gasteiger partial charge < -0.3 is 0 Å². The molecule has 0 saturated carbocycles. The summed E-state index contributed by atoms with van der Waals surface area (Å²) in [5.41, 5.74) is 1.49. The van der Waals surface area contributed by atoms with E-state index >= 15 is 0 Å². The van der Waals surface area contributed by atoms with E-state index in [4.69, 9.17) is 0 Å². The average molecular weight is 416 g/mol. The summed E-state index contributed by atoms with van der Waals surface area (Å²) in [4.78, 5) is -0.382. The summed E-state index contributed by atoms with van der Waals surface area (Å²) in [6.45, 7) is 3.62. The molecule has 0 aliphatic rings. The molecule has 0 spiro atoms. The predicted octanol–water partition coefficient (Wildman–Crippen LogP) is 4.26. The van der Waals surface area contributed by atoms with Gasteiger partial charge in [0.15, 0.2) is 0 Å². The molecule has 0 bridgehead atoms. The first kappa shape index (κ1) is 18.8. The minimum absolute atomic E-state index is 0.174. The Bertz CT molecular complexity index is 1520. The lowest BCUT2D eigenvalue weighted by atomic mass is 9.90. The minimum atomic E-state index is -4.44. The molecule has 4 aromatic carbocycles. The maximum absolute atomic E-state index is 12.0. The van der Waals surface area contributed by atoms with E-state index in [0.717, 1.165) is 21.9 Å². The van der Waals surface area contributed by atoms with E-state index in [9.17, 15) is 25.9 Å². The third-order valence-electron chi connectivity index (χ3n) is 5.16. The SMILES string of the molecule is Cc1c2ccc(S(=O)(=O)O)cc2c(C)c2c1cc(S(=O)(=O)O)c1ccccc12. The number of aryl methyl sites for hydroxylation is 2. The number of benzene rings is 4. The van der Waals surface area contributed by atoms with E-state index in [-0.39, 0.29) is 9.79 Å². The second-order valence-electron chi connectivity index (χ2n) is 6.75. The van der Waals surface area contributed by atoms with Gasteiger partial charge in [0.1, 0.15) is 4.90 Å². The third-order valence-corrected chi connectivity index (χ3v) is 6.90. The van der Waals surface area contributed by atoms with E-state index < -0.39 is 20.2 Å². The van der Waals surface area contributed by atoms with Crippen molar-refractivity contribution >= 4 is 52.6 Å². The van der Waals surface area contributed by atoms with E-state index in [1.165, 1.54) is 18.2 Å². The zero-order valence-electron chi connectivity index (χ0n) is 15.0. The number of hydrogen-bond acceptors (Lipinski definition) is 4. The Morgan fingerprint density at radius 2 is 1.29 bits per heavy atom. The van der Waals surface area contributed by atoms with Crippen LogP contribution in [0.15, 0.2) is 58.3 Å². The molecule has 2 N–H and O–H groups in total. The van der Waals surface area contributed by atoms with Crippen LogP contribution < -0.4 is 0 Å². The first-order valence-electron chi connectivity index (χ1n) is 8.33. The standard InChI is InChI=1S/C20H16O6S2/c1-11-14-8-7-13(27(21,22)23)9-17(14)12(2)20-16-6-4-3-5-15(16)19(10-18(11)20)28(24,25)26/h3-10H,1-2H3,(H,21,22,23)(H,24,25,26). The van der Waals surface area contributed by atoms with E-state index in [1.54, 1.807) is 37.3 Å². The zero-order valence-corrected chi connectivity index (χ0v) is 16.6. The van der Waals surface area contributed by atoms with Gasteiger partial charge in [-0.1, -0.05) is 30.3 Å². The van der Waals surface area contributed by atoms with Crippen LogP contribution in [0.4, 0.5) is 0 Å². The molecule has 4 aromatic rings. The van der Waals surface area contributed by atoms with Gasteiger partial charge in [-0.05, 0) is 70.1 Å². The average Bonchev–Trinajstić information content (AvgIpc) is 2.62. The number of fused-ring (bicyclic) bond motifs is 4. The van der Waals surface area contributed by atoms with Crippen molar-refractivity contribution in [1.29, 1.82) is 0 Å². The van der Waals surface area contributed by atoms with Gasteiger partial charge >= 0.3 is 0 Å². The molecule has 0 atom stereocenters. The number of rotatable bonds is 2. The summed E-state index contributed by atoms with van der Waals surface area (Å²) in [7, 11) is -8.80. The molecule has 0 amide bonds. The van der Waals surface area contributed by atoms with Crippen molar-refractivity contribution in [2.24, 2.45) is 0 Å². The van der Waals surface area contributed by atoms with Crippen molar-refractivity contribution in [1.82, 2.24) is 0 Å². The Kier molecular flexibility index (Phi) is 4.03. The molecule has 144 valence electrons.